The molecule has 0 bridgehead atoms. The number of nitrogen functional groups attached to an aromatic ring is 1. The summed E-state index contributed by atoms with van der Waals surface area (Å²) in [6.07, 6.45) is 6.07. The normalized spacial score (nSPS) is 15.2. The number of hydrogen-bond donors (Lipinski definition) is 2. The van der Waals surface area contributed by atoms with Gasteiger partial charge < -0.3 is 20.4 Å². The molecule has 1 aliphatic heterocycles. The van der Waals surface area contributed by atoms with Crippen molar-refractivity contribution in [1.29, 1.82) is 0 Å². The van der Waals surface area contributed by atoms with E-state index in [1.807, 2.05) is 48.7 Å². The Balaban J connectivity index is 1.29. The van der Waals surface area contributed by atoms with Crippen LogP contribution in [0.25, 0.3) is 27.8 Å². The Morgan fingerprint density at radius 1 is 1.03 bits per heavy atom. The highest BCUT2D eigenvalue weighted by Gasteiger charge is 2.23. The van der Waals surface area contributed by atoms with Gasteiger partial charge in [0.25, 0.3) is 11.5 Å². The van der Waals surface area contributed by atoms with Crippen molar-refractivity contribution in [2.24, 2.45) is 0 Å². The van der Waals surface area contributed by atoms with Gasteiger partial charge in [-0.2, -0.15) is 0 Å². The van der Waals surface area contributed by atoms with Crippen LogP contribution in [0.5, 0.6) is 0 Å². The second-order valence-corrected chi connectivity index (χ2v) is 8.89. The lowest BCUT2D eigenvalue weighted by atomic mass is 10.1. The number of pyridine rings is 1. The molecule has 0 spiro atoms. The van der Waals surface area contributed by atoms with Crippen LogP contribution in [0, 0.1) is 0 Å². The van der Waals surface area contributed by atoms with Crippen molar-refractivity contribution in [1.82, 2.24) is 19.1 Å². The summed E-state index contributed by atoms with van der Waals surface area (Å²) >= 11 is 0. The Bertz CT molecular complexity index is 1650. The van der Waals surface area contributed by atoms with Crippen LogP contribution < -0.4 is 16.6 Å². The second-order valence-electron chi connectivity index (χ2n) is 8.89. The van der Waals surface area contributed by atoms with Crippen LogP contribution in [0.1, 0.15) is 22.8 Å². The number of carbonyl (C=O) groups excluding carboxylic acids is 1. The minimum atomic E-state index is -0.474. The highest BCUT2D eigenvalue weighted by molar-refractivity contribution is 6.04. The van der Waals surface area contributed by atoms with Gasteiger partial charge in [-0.1, -0.05) is 30.3 Å². The zero-order valence-corrected chi connectivity index (χ0v) is 19.9. The first-order valence-electron chi connectivity index (χ1n) is 12.0. The van der Waals surface area contributed by atoms with Gasteiger partial charge in [-0.25, -0.2) is 9.97 Å². The lowest BCUT2D eigenvalue weighted by Gasteiger charge is -2.10. The molecule has 5 aromatic rings. The summed E-state index contributed by atoms with van der Waals surface area (Å²) in [6, 6.07) is 20.0. The van der Waals surface area contributed by atoms with Crippen LogP contribution in [0.4, 0.5) is 11.5 Å². The molecule has 0 saturated carbocycles. The molecule has 1 saturated heterocycles. The Morgan fingerprint density at radius 3 is 2.59 bits per heavy atom. The number of para-hydroxylation sites is 1. The number of fused-ring (bicyclic) bond motifs is 1. The minimum Gasteiger partial charge on any atom is -0.383 e. The molecule has 0 unspecified atom stereocenters. The molecule has 6 rings (SSSR count). The van der Waals surface area contributed by atoms with Crippen LogP contribution in [-0.2, 0) is 4.74 Å². The van der Waals surface area contributed by atoms with Gasteiger partial charge in [0.15, 0.2) is 0 Å². The van der Waals surface area contributed by atoms with E-state index in [9.17, 15) is 9.59 Å². The maximum atomic E-state index is 13.0. The Hall–Kier alpha value is -4.76. The first kappa shape index (κ1) is 22.7. The van der Waals surface area contributed by atoms with Crippen molar-refractivity contribution in [2.45, 2.75) is 12.5 Å². The number of rotatable bonds is 5. The Kier molecular flexibility index (Phi) is 5.74. The summed E-state index contributed by atoms with van der Waals surface area (Å²) in [4.78, 5) is 34.6. The summed E-state index contributed by atoms with van der Waals surface area (Å²) in [5, 5.41) is 3.62. The van der Waals surface area contributed by atoms with Crippen molar-refractivity contribution in [3.8, 4) is 16.8 Å². The second kappa shape index (κ2) is 9.36. The van der Waals surface area contributed by atoms with Crippen LogP contribution in [0.2, 0.25) is 0 Å². The van der Waals surface area contributed by atoms with Gasteiger partial charge in [0, 0.05) is 35.9 Å². The molecule has 9 heteroatoms. The summed E-state index contributed by atoms with van der Waals surface area (Å²) in [5.74, 6) is -0.0627. The smallest absolute Gasteiger partial charge is 0.267 e. The van der Waals surface area contributed by atoms with Crippen molar-refractivity contribution in [3.05, 3.63) is 101 Å². The average molecular weight is 493 g/mol. The number of amides is 1. The molecule has 0 aliphatic carbocycles. The molecule has 3 N–H and O–H groups in total. The molecule has 1 fully saturated rings. The zero-order valence-electron chi connectivity index (χ0n) is 19.9. The van der Waals surface area contributed by atoms with Crippen molar-refractivity contribution < 1.29 is 9.53 Å². The number of nitrogens with one attached hydrogen (secondary N) is 1. The number of benzene rings is 2. The SMILES string of the molecule is Nc1ncnc2c1c(-c1ccc(NC(=O)c3cccn(-c4ccccc4)c3=O)cc1)cn2[C@H]1CCOC1. The highest BCUT2D eigenvalue weighted by atomic mass is 16.5. The molecule has 37 heavy (non-hydrogen) atoms. The fourth-order valence-electron chi connectivity index (χ4n) is 4.74. The predicted molar refractivity (Wildman–Crippen MR) is 142 cm³/mol. The van der Waals surface area contributed by atoms with Gasteiger partial charge in [-0.15, -0.1) is 0 Å². The quantitative estimate of drug-likeness (QED) is 0.382. The standard InChI is InChI=1S/C28H24N6O3/c29-25-24-23(15-34(21-12-14-37-16-21)26(24)31-17-30-25)18-8-10-19(11-9-18)32-27(35)22-7-4-13-33(28(22)36)20-5-2-1-3-6-20/h1-11,13,15,17,21H,12,14,16H2,(H,32,35)(H2,29,30,31)/t21-/m0/s1. The number of ether oxygens (including phenoxy) is 1. The molecule has 4 heterocycles. The van der Waals surface area contributed by atoms with Crippen molar-refractivity contribution >= 4 is 28.4 Å². The molecular formula is C28H24N6O3. The van der Waals surface area contributed by atoms with E-state index in [-0.39, 0.29) is 17.2 Å². The van der Waals surface area contributed by atoms with Crippen molar-refractivity contribution in [2.75, 3.05) is 24.3 Å². The lowest BCUT2D eigenvalue weighted by Crippen LogP contribution is -2.27. The fraction of sp³-hybridized carbons (Fsp3) is 0.143. The average Bonchev–Trinajstić information content (AvgIpc) is 3.59. The van der Waals surface area contributed by atoms with Gasteiger partial charge >= 0.3 is 0 Å². The molecule has 3 aromatic heterocycles. The molecule has 9 nitrogen and oxygen atoms in total. The third-order valence-corrected chi connectivity index (χ3v) is 6.62. The molecule has 1 amide bonds. The van der Waals surface area contributed by atoms with E-state index in [2.05, 4.69) is 19.9 Å². The van der Waals surface area contributed by atoms with Gasteiger partial charge in [0.1, 0.15) is 23.4 Å². The van der Waals surface area contributed by atoms with E-state index < -0.39 is 5.91 Å². The third-order valence-electron chi connectivity index (χ3n) is 6.62. The van der Waals surface area contributed by atoms with Gasteiger partial charge in [-0.3, -0.25) is 14.2 Å². The summed E-state index contributed by atoms with van der Waals surface area (Å²) in [7, 11) is 0. The molecular weight excluding hydrogens is 468 g/mol. The van der Waals surface area contributed by atoms with Crippen molar-refractivity contribution in [3.63, 3.8) is 0 Å². The molecule has 2 aromatic carbocycles. The molecule has 1 atom stereocenters. The van der Waals surface area contributed by atoms with E-state index in [4.69, 9.17) is 10.5 Å². The number of nitrogens with two attached hydrogens (primary N) is 1. The summed E-state index contributed by atoms with van der Waals surface area (Å²) < 4.78 is 9.14. The van der Waals surface area contributed by atoms with Crippen LogP contribution in [0.15, 0.2) is 90.2 Å². The van der Waals surface area contributed by atoms with E-state index in [1.54, 1.807) is 24.4 Å². The Labute approximate surface area is 212 Å². The van der Waals surface area contributed by atoms with E-state index in [0.29, 0.717) is 30.4 Å². The van der Waals surface area contributed by atoms with E-state index >= 15 is 0 Å². The first-order chi connectivity index (χ1) is 18.1. The minimum absolute atomic E-state index is 0.0576. The van der Waals surface area contributed by atoms with Crippen LogP contribution >= 0.6 is 0 Å². The first-order valence-corrected chi connectivity index (χ1v) is 12.0. The number of aromatic nitrogens is 4. The zero-order chi connectivity index (χ0) is 25.4. The van der Waals surface area contributed by atoms with Gasteiger partial charge in [0.05, 0.1) is 18.0 Å². The molecule has 1 aliphatic rings. The number of hydrogen-bond acceptors (Lipinski definition) is 6. The monoisotopic (exact) mass is 492 g/mol. The van der Waals surface area contributed by atoms with Crippen LogP contribution in [-0.4, -0.2) is 38.2 Å². The Morgan fingerprint density at radius 2 is 1.84 bits per heavy atom. The van der Waals surface area contributed by atoms with E-state index in [0.717, 1.165) is 28.6 Å². The fourth-order valence-corrected chi connectivity index (χ4v) is 4.74. The molecule has 184 valence electrons. The lowest BCUT2D eigenvalue weighted by molar-refractivity contribution is 0.102. The topological polar surface area (TPSA) is 117 Å². The van der Waals surface area contributed by atoms with Gasteiger partial charge in [-0.05, 0) is 48.4 Å². The maximum absolute atomic E-state index is 13.0. The maximum Gasteiger partial charge on any atom is 0.267 e. The predicted octanol–water partition coefficient (Wildman–Crippen LogP) is 4.05. The third kappa shape index (κ3) is 4.15. The number of anilines is 2. The van der Waals surface area contributed by atoms with Crippen LogP contribution in [0.3, 0.4) is 0 Å². The van der Waals surface area contributed by atoms with Gasteiger partial charge in [0.2, 0.25) is 0 Å². The summed E-state index contributed by atoms with van der Waals surface area (Å²) in [6.45, 7) is 1.34. The highest BCUT2D eigenvalue weighted by Crippen LogP contribution is 2.36. The number of carbonyl (C=O) groups is 1. The number of nitrogens with zero attached hydrogens (tertiary/aromatic N) is 4. The largest absolute Gasteiger partial charge is 0.383 e. The molecule has 0 radical (unpaired) electrons. The van der Waals surface area contributed by atoms with E-state index in [1.165, 1.54) is 17.0 Å². The summed E-state index contributed by atoms with van der Waals surface area (Å²) in [5.41, 5.74) is 9.78.